The number of nitrogens with zero attached hydrogens (tertiary/aromatic N) is 2. The first-order valence-electron chi connectivity index (χ1n) is 7.03. The van der Waals surface area contributed by atoms with Crippen LogP contribution in [0.15, 0.2) is 53.4 Å². The molecule has 23 heavy (non-hydrogen) atoms. The molecule has 0 radical (unpaired) electrons. The van der Waals surface area contributed by atoms with Gasteiger partial charge in [0.15, 0.2) is 5.76 Å². The van der Waals surface area contributed by atoms with Crippen molar-refractivity contribution in [3.05, 3.63) is 71.6 Å². The van der Waals surface area contributed by atoms with Crippen LogP contribution in [0.1, 0.15) is 21.6 Å². The first-order valence-corrected chi connectivity index (χ1v) is 7.03. The molecule has 0 saturated heterocycles. The van der Waals surface area contributed by atoms with Crippen molar-refractivity contribution in [3.8, 4) is 11.5 Å². The van der Waals surface area contributed by atoms with Gasteiger partial charge in [0.2, 0.25) is 0 Å². The van der Waals surface area contributed by atoms with Gasteiger partial charge in [-0.1, -0.05) is 6.07 Å². The molecule has 116 valence electrons. The van der Waals surface area contributed by atoms with Crippen LogP contribution >= 0.6 is 0 Å². The third kappa shape index (κ3) is 3.26. The fourth-order valence-electron chi connectivity index (χ4n) is 2.12. The van der Waals surface area contributed by atoms with Gasteiger partial charge in [-0.05, 0) is 36.8 Å². The quantitative estimate of drug-likeness (QED) is 0.804. The lowest BCUT2D eigenvalue weighted by molar-refractivity contribution is 0.0950. The second kappa shape index (κ2) is 6.39. The summed E-state index contributed by atoms with van der Waals surface area (Å²) in [6.07, 6.45) is 4.64. The predicted octanol–water partition coefficient (Wildman–Crippen LogP) is 3.11. The number of carbonyl (C=O) groups is 1. The predicted molar refractivity (Wildman–Crippen MR) is 82.0 cm³/mol. The Bertz CT molecular complexity index is 832. The van der Waals surface area contributed by atoms with Crippen LogP contribution in [0.3, 0.4) is 0 Å². The third-order valence-corrected chi connectivity index (χ3v) is 3.38. The fourth-order valence-corrected chi connectivity index (χ4v) is 2.12. The third-order valence-electron chi connectivity index (χ3n) is 3.38. The Morgan fingerprint density at radius 2 is 2.09 bits per heavy atom. The van der Waals surface area contributed by atoms with Gasteiger partial charge in [0.1, 0.15) is 11.5 Å². The molecule has 2 aromatic heterocycles. The van der Waals surface area contributed by atoms with Crippen LogP contribution in [-0.4, -0.2) is 15.9 Å². The van der Waals surface area contributed by atoms with E-state index in [2.05, 4.69) is 15.3 Å². The van der Waals surface area contributed by atoms with Crippen molar-refractivity contribution in [1.29, 1.82) is 0 Å². The summed E-state index contributed by atoms with van der Waals surface area (Å²) in [7, 11) is 0. The summed E-state index contributed by atoms with van der Waals surface area (Å²) >= 11 is 0. The van der Waals surface area contributed by atoms with Crippen molar-refractivity contribution < 1.29 is 13.6 Å². The smallest absolute Gasteiger partial charge is 0.251 e. The molecule has 1 N–H and O–H groups in total. The van der Waals surface area contributed by atoms with E-state index in [0.717, 1.165) is 0 Å². The molecule has 0 saturated carbocycles. The lowest BCUT2D eigenvalue weighted by atomic mass is 10.1. The topological polar surface area (TPSA) is 68.0 Å². The van der Waals surface area contributed by atoms with Gasteiger partial charge in [0.25, 0.3) is 5.91 Å². The molecular formula is C17H14FN3O2. The number of hydrogen-bond acceptors (Lipinski definition) is 4. The molecule has 6 heteroatoms. The van der Waals surface area contributed by atoms with E-state index in [4.69, 9.17) is 4.42 Å². The molecule has 0 aliphatic heterocycles. The Kier molecular flexibility index (Phi) is 4.14. The van der Waals surface area contributed by atoms with Crippen LogP contribution in [0, 0.1) is 12.7 Å². The van der Waals surface area contributed by atoms with Crippen molar-refractivity contribution in [1.82, 2.24) is 15.3 Å². The van der Waals surface area contributed by atoms with Crippen LogP contribution in [0.4, 0.5) is 4.39 Å². The summed E-state index contributed by atoms with van der Waals surface area (Å²) in [5.41, 5.74) is 1.89. The van der Waals surface area contributed by atoms with Gasteiger partial charge in [-0.2, -0.15) is 0 Å². The number of nitrogens with one attached hydrogen (secondary N) is 1. The maximum absolute atomic E-state index is 13.5. The highest BCUT2D eigenvalue weighted by Gasteiger charge is 2.13. The molecule has 2 heterocycles. The van der Waals surface area contributed by atoms with Gasteiger partial charge >= 0.3 is 0 Å². The Hall–Kier alpha value is -3.02. The molecule has 1 amide bonds. The van der Waals surface area contributed by atoms with E-state index in [1.165, 1.54) is 6.07 Å². The van der Waals surface area contributed by atoms with Crippen LogP contribution < -0.4 is 5.32 Å². The molecule has 0 aliphatic rings. The molecule has 0 atom stereocenters. The minimum absolute atomic E-state index is 0.165. The Morgan fingerprint density at radius 3 is 2.83 bits per heavy atom. The zero-order valence-corrected chi connectivity index (χ0v) is 12.4. The second-order valence-electron chi connectivity index (χ2n) is 4.98. The molecule has 0 unspecified atom stereocenters. The SMILES string of the molecule is Cc1ccc(C(=O)NCc2nccnc2-c2ccco2)cc1F. The van der Waals surface area contributed by atoms with Crippen LogP contribution in [-0.2, 0) is 6.54 Å². The number of carbonyl (C=O) groups excluding carboxylic acids is 1. The van der Waals surface area contributed by atoms with Crippen molar-refractivity contribution in [2.24, 2.45) is 0 Å². The minimum atomic E-state index is -0.409. The molecule has 0 bridgehead atoms. The van der Waals surface area contributed by atoms with E-state index in [1.54, 1.807) is 49.8 Å². The number of halogens is 1. The van der Waals surface area contributed by atoms with Crippen LogP contribution in [0.2, 0.25) is 0 Å². The molecule has 0 aliphatic carbocycles. The highest BCUT2D eigenvalue weighted by Crippen LogP contribution is 2.19. The molecule has 3 aromatic rings. The van der Waals surface area contributed by atoms with Gasteiger partial charge < -0.3 is 9.73 Å². The number of furan rings is 1. The molecule has 0 spiro atoms. The summed E-state index contributed by atoms with van der Waals surface area (Å²) in [5.74, 6) is -0.211. The summed E-state index contributed by atoms with van der Waals surface area (Å²) in [6, 6.07) is 7.89. The second-order valence-corrected chi connectivity index (χ2v) is 4.98. The van der Waals surface area contributed by atoms with Crippen molar-refractivity contribution in [2.75, 3.05) is 0 Å². The van der Waals surface area contributed by atoms with Gasteiger partial charge in [-0.15, -0.1) is 0 Å². The molecular weight excluding hydrogens is 297 g/mol. The summed E-state index contributed by atoms with van der Waals surface area (Å²) in [5, 5.41) is 2.71. The highest BCUT2D eigenvalue weighted by molar-refractivity contribution is 5.94. The number of aryl methyl sites for hydroxylation is 1. The van der Waals surface area contributed by atoms with Gasteiger partial charge in [-0.25, -0.2) is 9.37 Å². The Morgan fingerprint density at radius 1 is 1.26 bits per heavy atom. The monoisotopic (exact) mass is 311 g/mol. The van der Waals surface area contributed by atoms with Crippen molar-refractivity contribution in [2.45, 2.75) is 13.5 Å². The van der Waals surface area contributed by atoms with Crippen LogP contribution in [0.5, 0.6) is 0 Å². The van der Waals surface area contributed by atoms with E-state index >= 15 is 0 Å². The van der Waals surface area contributed by atoms with Crippen molar-refractivity contribution in [3.63, 3.8) is 0 Å². The van der Waals surface area contributed by atoms with E-state index in [-0.39, 0.29) is 18.0 Å². The standard InChI is InChI=1S/C17H14FN3O2/c1-11-4-5-12(9-13(11)18)17(22)21-10-14-16(20-7-6-19-14)15-3-2-8-23-15/h2-9H,10H2,1H3,(H,21,22). The normalized spacial score (nSPS) is 10.5. The lowest BCUT2D eigenvalue weighted by Gasteiger charge is -2.08. The van der Waals surface area contributed by atoms with Gasteiger partial charge in [0.05, 0.1) is 18.5 Å². The number of hydrogen-bond donors (Lipinski definition) is 1. The fraction of sp³-hybridized carbons (Fsp3) is 0.118. The zero-order valence-electron chi connectivity index (χ0n) is 12.4. The molecule has 5 nitrogen and oxygen atoms in total. The van der Waals surface area contributed by atoms with E-state index in [1.807, 2.05) is 0 Å². The van der Waals surface area contributed by atoms with E-state index < -0.39 is 5.82 Å². The van der Waals surface area contributed by atoms with Crippen LogP contribution in [0.25, 0.3) is 11.5 Å². The Labute approximate surface area is 132 Å². The summed E-state index contributed by atoms with van der Waals surface area (Å²) < 4.78 is 18.9. The lowest BCUT2D eigenvalue weighted by Crippen LogP contribution is -2.24. The zero-order chi connectivity index (χ0) is 16.2. The molecule has 3 rings (SSSR count). The highest BCUT2D eigenvalue weighted by atomic mass is 19.1. The number of aromatic nitrogens is 2. The van der Waals surface area contributed by atoms with Gasteiger partial charge in [0, 0.05) is 18.0 Å². The van der Waals surface area contributed by atoms with Gasteiger partial charge in [-0.3, -0.25) is 9.78 Å². The molecule has 0 fully saturated rings. The van der Waals surface area contributed by atoms with E-state index in [0.29, 0.717) is 22.7 Å². The van der Waals surface area contributed by atoms with E-state index in [9.17, 15) is 9.18 Å². The minimum Gasteiger partial charge on any atom is -0.463 e. The average Bonchev–Trinajstić information content (AvgIpc) is 3.10. The number of rotatable bonds is 4. The molecule has 1 aromatic carbocycles. The first-order chi connectivity index (χ1) is 11.1. The Balaban J connectivity index is 1.76. The summed E-state index contributed by atoms with van der Waals surface area (Å²) in [6.45, 7) is 1.81. The maximum Gasteiger partial charge on any atom is 0.251 e. The number of amides is 1. The van der Waals surface area contributed by atoms with Crippen molar-refractivity contribution >= 4 is 5.91 Å². The largest absolute Gasteiger partial charge is 0.463 e. The summed E-state index contributed by atoms with van der Waals surface area (Å²) in [4.78, 5) is 20.6. The number of benzene rings is 1. The first kappa shape index (κ1) is 14.9. The maximum atomic E-state index is 13.5. The average molecular weight is 311 g/mol.